The third kappa shape index (κ3) is 4.39. The van der Waals surface area contributed by atoms with E-state index >= 15 is 0 Å². The molecule has 11 heteroatoms. The van der Waals surface area contributed by atoms with Crippen molar-refractivity contribution in [2.75, 3.05) is 38.1 Å². The lowest BCUT2D eigenvalue weighted by Crippen LogP contribution is -2.44. The highest BCUT2D eigenvalue weighted by atomic mass is 127. The second kappa shape index (κ2) is 9.21. The molecule has 4 aromatic rings. The zero-order valence-corrected chi connectivity index (χ0v) is 21.8. The molecule has 1 saturated heterocycles. The van der Waals surface area contributed by atoms with Gasteiger partial charge in [0.1, 0.15) is 5.69 Å². The topological polar surface area (TPSA) is 102 Å². The van der Waals surface area contributed by atoms with Crippen LogP contribution in [0.5, 0.6) is 0 Å². The average Bonchev–Trinajstić information content (AvgIpc) is 3.21. The van der Waals surface area contributed by atoms with Crippen LogP contribution in [-0.2, 0) is 10.0 Å². The van der Waals surface area contributed by atoms with Crippen molar-refractivity contribution in [1.29, 1.82) is 0 Å². The van der Waals surface area contributed by atoms with Crippen molar-refractivity contribution < 1.29 is 13.3 Å². The molecule has 0 spiro atoms. The lowest BCUT2D eigenvalue weighted by Gasteiger charge is -2.33. The lowest BCUT2D eigenvalue weighted by molar-refractivity contribution is -0.384. The maximum Gasteiger partial charge on any atom is 0.293 e. The monoisotopic (exact) mass is 603 g/mol. The largest absolute Gasteiger partial charge is 0.363 e. The SMILES string of the molecule is CN1CCN(c2ccc(-c3cnc4c(c3)c(I)cn4S(=O)(=O)c3ccccc3)cc2[N+](=O)[O-])CC1. The van der Waals surface area contributed by atoms with Gasteiger partial charge in [0.05, 0.1) is 9.82 Å². The van der Waals surface area contributed by atoms with Gasteiger partial charge in [-0.25, -0.2) is 17.4 Å². The summed E-state index contributed by atoms with van der Waals surface area (Å²) >= 11 is 2.08. The molecule has 3 heterocycles. The number of nitrogens with zero attached hydrogens (tertiary/aromatic N) is 5. The summed E-state index contributed by atoms with van der Waals surface area (Å²) in [4.78, 5) is 20.4. The second-order valence-electron chi connectivity index (χ2n) is 8.44. The summed E-state index contributed by atoms with van der Waals surface area (Å²) in [5, 5.41) is 12.6. The van der Waals surface area contributed by atoms with Gasteiger partial charge < -0.3 is 9.80 Å². The predicted molar refractivity (Wildman–Crippen MR) is 143 cm³/mol. The Balaban J connectivity index is 1.55. The van der Waals surface area contributed by atoms with E-state index in [1.807, 2.05) is 24.1 Å². The number of piperazine rings is 1. The number of likely N-dealkylation sites (N-methyl/N-ethyl adjacent to an activating group) is 1. The van der Waals surface area contributed by atoms with Crippen LogP contribution >= 0.6 is 22.6 Å². The molecule has 180 valence electrons. The van der Waals surface area contributed by atoms with Crippen LogP contribution in [0.3, 0.4) is 0 Å². The fourth-order valence-corrected chi connectivity index (χ4v) is 6.46. The molecule has 1 fully saturated rings. The number of nitro benzene ring substituents is 1. The van der Waals surface area contributed by atoms with E-state index in [4.69, 9.17) is 0 Å². The third-order valence-electron chi connectivity index (χ3n) is 6.21. The minimum absolute atomic E-state index is 0.0473. The van der Waals surface area contributed by atoms with Gasteiger partial charge in [-0.3, -0.25) is 10.1 Å². The number of fused-ring (bicyclic) bond motifs is 1. The highest BCUT2D eigenvalue weighted by Gasteiger charge is 2.25. The number of rotatable bonds is 5. The van der Waals surface area contributed by atoms with Crippen molar-refractivity contribution in [3.8, 4) is 11.1 Å². The molecule has 0 aliphatic carbocycles. The van der Waals surface area contributed by atoms with Gasteiger partial charge in [-0.15, -0.1) is 0 Å². The minimum Gasteiger partial charge on any atom is -0.363 e. The first kappa shape index (κ1) is 23.7. The van der Waals surface area contributed by atoms with E-state index in [1.165, 1.54) is 3.97 Å². The molecule has 0 N–H and O–H groups in total. The summed E-state index contributed by atoms with van der Waals surface area (Å²) in [6.07, 6.45) is 3.10. The molecule has 9 nitrogen and oxygen atoms in total. The first-order valence-corrected chi connectivity index (χ1v) is 13.5. The molecule has 5 rings (SSSR count). The molecule has 0 unspecified atom stereocenters. The summed E-state index contributed by atoms with van der Waals surface area (Å²) in [7, 11) is -1.77. The molecule has 0 amide bonds. The molecule has 0 bridgehead atoms. The Morgan fingerprint density at radius 3 is 2.40 bits per heavy atom. The molecular formula is C24H22IN5O4S. The Hall–Kier alpha value is -3.03. The number of anilines is 1. The Morgan fingerprint density at radius 1 is 1.00 bits per heavy atom. The predicted octanol–water partition coefficient (Wildman–Crippen LogP) is 4.20. The highest BCUT2D eigenvalue weighted by Crippen LogP contribution is 2.35. The summed E-state index contributed by atoms with van der Waals surface area (Å²) in [5.41, 5.74) is 2.30. The van der Waals surface area contributed by atoms with Crippen LogP contribution in [0.4, 0.5) is 11.4 Å². The molecule has 35 heavy (non-hydrogen) atoms. The number of nitro groups is 1. The standard InChI is InChI=1S/C24H22IN5O4S/c1-27-9-11-28(12-10-27)22-8-7-17(14-23(22)30(31)32)18-13-20-21(25)16-29(24(20)26-15-18)35(33,34)19-5-3-2-4-6-19/h2-8,13-16H,9-12H2,1H3. The number of benzene rings is 2. The van der Waals surface area contributed by atoms with Gasteiger partial charge in [-0.05, 0) is 59.5 Å². The zero-order chi connectivity index (χ0) is 24.7. The molecule has 2 aromatic heterocycles. The number of aromatic nitrogens is 2. The first-order valence-electron chi connectivity index (χ1n) is 11.0. The third-order valence-corrected chi connectivity index (χ3v) is 8.74. The quantitative estimate of drug-likeness (QED) is 0.192. The second-order valence-corrected chi connectivity index (χ2v) is 11.4. The van der Waals surface area contributed by atoms with Crippen molar-refractivity contribution in [1.82, 2.24) is 13.9 Å². The number of hydrogen-bond donors (Lipinski definition) is 0. The summed E-state index contributed by atoms with van der Waals surface area (Å²) < 4.78 is 28.3. The van der Waals surface area contributed by atoms with E-state index in [0.29, 0.717) is 27.8 Å². The zero-order valence-electron chi connectivity index (χ0n) is 18.8. The Bertz CT molecular complexity index is 1530. The van der Waals surface area contributed by atoms with E-state index in [-0.39, 0.29) is 15.5 Å². The van der Waals surface area contributed by atoms with Gasteiger partial charge in [0.25, 0.3) is 15.7 Å². The van der Waals surface area contributed by atoms with Gasteiger partial charge in [0.15, 0.2) is 5.65 Å². The van der Waals surface area contributed by atoms with Crippen molar-refractivity contribution >= 4 is 55.0 Å². The summed E-state index contributed by atoms with van der Waals surface area (Å²) in [6, 6.07) is 15.2. The number of pyridine rings is 1. The van der Waals surface area contributed by atoms with Crippen LogP contribution in [0.1, 0.15) is 0 Å². The maximum absolute atomic E-state index is 13.2. The van der Waals surface area contributed by atoms with Crippen molar-refractivity contribution in [3.63, 3.8) is 0 Å². The first-order chi connectivity index (χ1) is 16.8. The summed E-state index contributed by atoms with van der Waals surface area (Å²) in [5.74, 6) is 0. The van der Waals surface area contributed by atoms with Crippen molar-refractivity contribution in [2.24, 2.45) is 0 Å². The van der Waals surface area contributed by atoms with Crippen LogP contribution in [0.15, 0.2) is 71.9 Å². The smallest absolute Gasteiger partial charge is 0.293 e. The van der Waals surface area contributed by atoms with E-state index in [2.05, 4.69) is 32.5 Å². The molecule has 1 aliphatic heterocycles. The lowest BCUT2D eigenvalue weighted by atomic mass is 10.0. The fourth-order valence-electron chi connectivity index (χ4n) is 4.25. The van der Waals surface area contributed by atoms with Crippen molar-refractivity contribution in [2.45, 2.75) is 4.90 Å². The van der Waals surface area contributed by atoms with Gasteiger partial charge in [-0.1, -0.05) is 24.3 Å². The van der Waals surface area contributed by atoms with Gasteiger partial charge in [0.2, 0.25) is 0 Å². The average molecular weight is 603 g/mol. The van der Waals surface area contributed by atoms with Crippen LogP contribution in [-0.4, -0.2) is 60.4 Å². The molecular weight excluding hydrogens is 581 g/mol. The Kier molecular flexibility index (Phi) is 6.23. The minimum atomic E-state index is -3.81. The number of halogens is 1. The Labute approximate surface area is 216 Å². The van der Waals surface area contributed by atoms with Crippen LogP contribution in [0.2, 0.25) is 0 Å². The maximum atomic E-state index is 13.2. The van der Waals surface area contributed by atoms with Gasteiger partial charge in [-0.2, -0.15) is 0 Å². The van der Waals surface area contributed by atoms with Crippen molar-refractivity contribution in [3.05, 3.63) is 80.7 Å². The molecule has 1 aliphatic rings. The highest BCUT2D eigenvalue weighted by molar-refractivity contribution is 14.1. The van der Waals surface area contributed by atoms with E-state index in [9.17, 15) is 18.5 Å². The Morgan fingerprint density at radius 2 is 1.71 bits per heavy atom. The van der Waals surface area contributed by atoms with Gasteiger partial charge >= 0.3 is 0 Å². The van der Waals surface area contributed by atoms with Crippen LogP contribution in [0.25, 0.3) is 22.2 Å². The van der Waals surface area contributed by atoms with E-state index < -0.39 is 10.0 Å². The molecule has 0 atom stereocenters. The molecule has 0 radical (unpaired) electrons. The van der Waals surface area contributed by atoms with Crippen LogP contribution in [0, 0.1) is 13.7 Å². The molecule has 2 aromatic carbocycles. The normalized spacial score (nSPS) is 15.0. The number of hydrogen-bond acceptors (Lipinski definition) is 7. The van der Waals surface area contributed by atoms with E-state index in [0.717, 1.165) is 29.7 Å². The van der Waals surface area contributed by atoms with Gasteiger partial charge in [0, 0.05) is 59.2 Å². The van der Waals surface area contributed by atoms with Crippen LogP contribution < -0.4 is 4.90 Å². The molecule has 0 saturated carbocycles. The summed E-state index contributed by atoms with van der Waals surface area (Å²) in [6.45, 7) is 3.15. The van der Waals surface area contributed by atoms with E-state index in [1.54, 1.807) is 54.9 Å². The fraction of sp³-hybridized carbons (Fsp3) is 0.208.